The van der Waals surface area contributed by atoms with Crippen molar-refractivity contribution in [2.45, 2.75) is 70.4 Å². The molecule has 2 rings (SSSR count). The van der Waals surface area contributed by atoms with Gasteiger partial charge in [0.1, 0.15) is 0 Å². The minimum Gasteiger partial charge on any atom is -0.310 e. The number of rotatable bonds is 6. The Morgan fingerprint density at radius 3 is 2.60 bits per heavy atom. The van der Waals surface area contributed by atoms with E-state index in [1.165, 1.54) is 77.7 Å². The van der Waals surface area contributed by atoms with Gasteiger partial charge in [0, 0.05) is 18.1 Å². The third kappa shape index (κ3) is 4.71. The van der Waals surface area contributed by atoms with Crippen LogP contribution in [0.15, 0.2) is 0 Å². The number of unbranched alkanes of at least 4 members (excludes halogenated alkanes) is 1. The maximum atomic E-state index is 3.86. The van der Waals surface area contributed by atoms with E-state index < -0.39 is 0 Å². The van der Waals surface area contributed by atoms with Crippen molar-refractivity contribution in [1.29, 1.82) is 0 Å². The minimum absolute atomic E-state index is 0.477. The molecule has 1 aliphatic carbocycles. The molecule has 2 fully saturated rings. The Hall–Kier alpha value is -0.120. The Morgan fingerprint density at radius 2 is 1.90 bits per heavy atom. The largest absolute Gasteiger partial charge is 0.310 e. The number of hydrogen-bond acceptors (Lipinski definition) is 3. The van der Waals surface area contributed by atoms with Crippen LogP contribution in [-0.2, 0) is 0 Å². The average molecular weight is 281 g/mol. The Labute approximate surface area is 126 Å². The molecule has 0 aromatic rings. The molecule has 1 N–H and O–H groups in total. The lowest BCUT2D eigenvalue weighted by atomic mass is 9.97. The molecule has 0 bridgehead atoms. The van der Waals surface area contributed by atoms with Crippen LogP contribution in [0.4, 0.5) is 0 Å². The molecule has 0 atom stereocenters. The fourth-order valence-corrected chi connectivity index (χ4v) is 3.75. The van der Waals surface area contributed by atoms with Crippen molar-refractivity contribution in [2.24, 2.45) is 0 Å². The second-order valence-corrected chi connectivity index (χ2v) is 7.33. The summed E-state index contributed by atoms with van der Waals surface area (Å²) in [6.07, 6.45) is 9.69. The van der Waals surface area contributed by atoms with Gasteiger partial charge in [0.15, 0.2) is 0 Å². The summed E-state index contributed by atoms with van der Waals surface area (Å²) in [4.78, 5) is 5.20. The molecule has 3 nitrogen and oxygen atoms in total. The van der Waals surface area contributed by atoms with E-state index in [0.717, 1.165) is 0 Å². The smallest absolute Gasteiger partial charge is 0.0308 e. The Morgan fingerprint density at radius 1 is 1.15 bits per heavy atom. The van der Waals surface area contributed by atoms with E-state index in [9.17, 15) is 0 Å². The van der Waals surface area contributed by atoms with Gasteiger partial charge in [0.2, 0.25) is 0 Å². The molecule has 1 heterocycles. The van der Waals surface area contributed by atoms with Crippen LogP contribution in [0, 0.1) is 0 Å². The lowest BCUT2D eigenvalue weighted by Crippen LogP contribution is -2.49. The quantitative estimate of drug-likeness (QED) is 0.755. The van der Waals surface area contributed by atoms with Gasteiger partial charge in [0.25, 0.3) is 0 Å². The molecule has 20 heavy (non-hydrogen) atoms. The van der Waals surface area contributed by atoms with Crippen molar-refractivity contribution in [1.82, 2.24) is 15.1 Å². The number of hydrogen-bond donors (Lipinski definition) is 1. The number of nitrogens with one attached hydrogen (secondary N) is 1. The maximum absolute atomic E-state index is 3.86. The second-order valence-electron chi connectivity index (χ2n) is 7.33. The van der Waals surface area contributed by atoms with E-state index in [2.05, 4.69) is 36.0 Å². The monoisotopic (exact) mass is 281 g/mol. The Balaban J connectivity index is 1.69. The zero-order valence-electron chi connectivity index (χ0n) is 14.0. The van der Waals surface area contributed by atoms with Gasteiger partial charge in [-0.1, -0.05) is 12.8 Å². The summed E-state index contributed by atoms with van der Waals surface area (Å²) in [5.41, 5.74) is 0.477. The van der Waals surface area contributed by atoms with Gasteiger partial charge in [-0.2, -0.15) is 0 Å². The molecule has 0 amide bonds. The SMILES string of the molecule is CC(C)N(C)CCCCN1CCCNC2(CCCC2)C1. The van der Waals surface area contributed by atoms with E-state index >= 15 is 0 Å². The van der Waals surface area contributed by atoms with Gasteiger partial charge in [-0.05, 0) is 79.2 Å². The first-order chi connectivity index (χ1) is 9.61. The fourth-order valence-electron chi connectivity index (χ4n) is 3.75. The molecule has 118 valence electrons. The highest BCUT2D eigenvalue weighted by atomic mass is 15.2. The van der Waals surface area contributed by atoms with Crippen molar-refractivity contribution < 1.29 is 0 Å². The van der Waals surface area contributed by atoms with Gasteiger partial charge in [-0.25, -0.2) is 0 Å². The molecule has 0 radical (unpaired) electrons. The summed E-state index contributed by atoms with van der Waals surface area (Å²) in [5.74, 6) is 0. The average Bonchev–Trinajstić information content (AvgIpc) is 2.77. The van der Waals surface area contributed by atoms with Gasteiger partial charge in [-0.3, -0.25) is 0 Å². The van der Waals surface area contributed by atoms with Crippen molar-refractivity contribution in [3.05, 3.63) is 0 Å². The molecule has 0 unspecified atom stereocenters. The highest BCUT2D eigenvalue weighted by Gasteiger charge is 2.35. The van der Waals surface area contributed by atoms with Gasteiger partial charge in [0.05, 0.1) is 0 Å². The molecule has 1 aliphatic heterocycles. The molecule has 1 spiro atoms. The lowest BCUT2D eigenvalue weighted by Gasteiger charge is -2.33. The molecule has 3 heteroatoms. The van der Waals surface area contributed by atoms with E-state index in [1.807, 2.05) is 0 Å². The molecule has 1 saturated carbocycles. The highest BCUT2D eigenvalue weighted by molar-refractivity contribution is 4.96. The predicted molar refractivity (Wildman–Crippen MR) is 87.3 cm³/mol. The van der Waals surface area contributed by atoms with Crippen LogP contribution in [-0.4, -0.2) is 61.2 Å². The highest BCUT2D eigenvalue weighted by Crippen LogP contribution is 2.31. The predicted octanol–water partition coefficient (Wildman–Crippen LogP) is 2.71. The second kappa shape index (κ2) is 7.77. The van der Waals surface area contributed by atoms with Crippen LogP contribution in [0.5, 0.6) is 0 Å². The summed E-state index contributed by atoms with van der Waals surface area (Å²) in [6.45, 7) is 10.9. The van der Waals surface area contributed by atoms with Gasteiger partial charge in [-0.15, -0.1) is 0 Å². The summed E-state index contributed by atoms with van der Waals surface area (Å²) in [5, 5.41) is 3.86. The lowest BCUT2D eigenvalue weighted by molar-refractivity contribution is 0.200. The first kappa shape index (κ1) is 16.3. The van der Waals surface area contributed by atoms with Crippen LogP contribution < -0.4 is 5.32 Å². The molecular formula is C17H35N3. The summed E-state index contributed by atoms with van der Waals surface area (Å²) in [7, 11) is 2.24. The Kier molecular flexibility index (Phi) is 6.31. The van der Waals surface area contributed by atoms with Crippen LogP contribution in [0.2, 0.25) is 0 Å². The third-order valence-electron chi connectivity index (χ3n) is 5.35. The minimum atomic E-state index is 0.477. The molecule has 1 saturated heterocycles. The van der Waals surface area contributed by atoms with Crippen LogP contribution in [0.1, 0.15) is 58.8 Å². The third-order valence-corrected chi connectivity index (χ3v) is 5.35. The zero-order chi connectivity index (χ0) is 14.4. The maximum Gasteiger partial charge on any atom is 0.0308 e. The van der Waals surface area contributed by atoms with E-state index in [4.69, 9.17) is 0 Å². The standard InChI is InChI=1S/C17H35N3/c1-16(2)19(3)12-6-7-13-20-14-8-11-18-17(15-20)9-4-5-10-17/h16,18H,4-15H2,1-3H3. The zero-order valence-corrected chi connectivity index (χ0v) is 14.0. The van der Waals surface area contributed by atoms with Crippen molar-refractivity contribution in [2.75, 3.05) is 39.8 Å². The van der Waals surface area contributed by atoms with Gasteiger partial charge < -0.3 is 15.1 Å². The topological polar surface area (TPSA) is 18.5 Å². The molecule has 0 aromatic carbocycles. The fraction of sp³-hybridized carbons (Fsp3) is 1.00. The van der Waals surface area contributed by atoms with E-state index in [1.54, 1.807) is 0 Å². The van der Waals surface area contributed by atoms with Crippen LogP contribution in [0.3, 0.4) is 0 Å². The normalized spacial score (nSPS) is 23.9. The van der Waals surface area contributed by atoms with Crippen molar-refractivity contribution in [3.63, 3.8) is 0 Å². The van der Waals surface area contributed by atoms with E-state index in [0.29, 0.717) is 11.6 Å². The number of nitrogens with zero attached hydrogens (tertiary/aromatic N) is 2. The van der Waals surface area contributed by atoms with Crippen LogP contribution in [0.25, 0.3) is 0 Å². The first-order valence-corrected chi connectivity index (χ1v) is 8.79. The molecule has 0 aromatic heterocycles. The van der Waals surface area contributed by atoms with E-state index in [-0.39, 0.29) is 0 Å². The summed E-state index contributed by atoms with van der Waals surface area (Å²) < 4.78 is 0. The van der Waals surface area contributed by atoms with Crippen molar-refractivity contribution in [3.8, 4) is 0 Å². The molecular weight excluding hydrogens is 246 g/mol. The summed E-state index contributed by atoms with van der Waals surface area (Å²) in [6, 6.07) is 0.680. The van der Waals surface area contributed by atoms with Gasteiger partial charge >= 0.3 is 0 Å². The Bertz CT molecular complexity index is 271. The first-order valence-electron chi connectivity index (χ1n) is 8.79. The summed E-state index contributed by atoms with van der Waals surface area (Å²) >= 11 is 0. The van der Waals surface area contributed by atoms with Crippen LogP contribution >= 0.6 is 0 Å². The van der Waals surface area contributed by atoms with Crippen molar-refractivity contribution >= 4 is 0 Å². The molecule has 2 aliphatic rings.